The molecule has 8 heteroatoms. The molecule has 29 heavy (non-hydrogen) atoms. The van der Waals surface area contributed by atoms with Crippen molar-refractivity contribution in [3.8, 4) is 11.3 Å². The molecule has 0 saturated heterocycles. The number of hydrogen-bond acceptors (Lipinski definition) is 6. The first-order valence-corrected chi connectivity index (χ1v) is 8.73. The van der Waals surface area contributed by atoms with Gasteiger partial charge in [-0.1, -0.05) is 30.3 Å². The molecule has 0 aliphatic carbocycles. The lowest BCUT2D eigenvalue weighted by molar-refractivity contribution is -0.384. The molecule has 0 fully saturated rings. The van der Waals surface area contributed by atoms with E-state index in [4.69, 9.17) is 9.15 Å². The third-order valence-corrected chi connectivity index (χ3v) is 4.18. The molecule has 0 N–H and O–H groups in total. The Hall–Kier alpha value is -3.94. The van der Waals surface area contributed by atoms with E-state index in [-0.39, 0.29) is 17.4 Å². The van der Waals surface area contributed by atoms with E-state index in [1.54, 1.807) is 13.1 Å². The van der Waals surface area contributed by atoms with Crippen LogP contribution in [0.2, 0.25) is 0 Å². The molecule has 0 bridgehead atoms. The molecule has 0 aliphatic rings. The van der Waals surface area contributed by atoms with Crippen molar-refractivity contribution in [1.29, 1.82) is 0 Å². The Labute approximate surface area is 166 Å². The predicted octanol–water partition coefficient (Wildman–Crippen LogP) is 3.67. The smallest absolute Gasteiger partial charge is 0.374 e. The summed E-state index contributed by atoms with van der Waals surface area (Å²) in [5.74, 6) is -0.805. The predicted molar refractivity (Wildman–Crippen MR) is 104 cm³/mol. The van der Waals surface area contributed by atoms with Crippen LogP contribution in [0, 0.1) is 10.1 Å². The maximum Gasteiger partial charge on any atom is 0.374 e. The standard InChI is InChI=1S/C21H18N2O6/c1-22(13-15-5-3-2-4-6-15)20(24)14-28-21(25)19-12-11-18(29-19)16-7-9-17(10-8-16)23(26)27/h2-12H,13-14H2,1H3. The fourth-order valence-corrected chi connectivity index (χ4v) is 2.60. The minimum absolute atomic E-state index is 0.0434. The van der Waals surface area contributed by atoms with Gasteiger partial charge in [-0.15, -0.1) is 0 Å². The molecular weight excluding hydrogens is 376 g/mol. The summed E-state index contributed by atoms with van der Waals surface area (Å²) in [4.78, 5) is 36.0. The second-order valence-electron chi connectivity index (χ2n) is 6.28. The van der Waals surface area contributed by atoms with Crippen LogP contribution < -0.4 is 0 Å². The van der Waals surface area contributed by atoms with E-state index in [0.29, 0.717) is 17.9 Å². The van der Waals surface area contributed by atoms with Gasteiger partial charge in [-0.05, 0) is 29.8 Å². The number of rotatable bonds is 7. The largest absolute Gasteiger partial charge is 0.450 e. The summed E-state index contributed by atoms with van der Waals surface area (Å²) < 4.78 is 10.5. The third-order valence-electron chi connectivity index (χ3n) is 4.18. The Morgan fingerprint density at radius 3 is 2.38 bits per heavy atom. The molecule has 0 spiro atoms. The van der Waals surface area contributed by atoms with Gasteiger partial charge in [0.2, 0.25) is 5.76 Å². The van der Waals surface area contributed by atoms with Crippen LogP contribution in [0.3, 0.4) is 0 Å². The minimum atomic E-state index is -0.764. The van der Waals surface area contributed by atoms with Gasteiger partial charge in [0.05, 0.1) is 4.92 Å². The molecule has 1 aromatic heterocycles. The van der Waals surface area contributed by atoms with E-state index < -0.39 is 17.5 Å². The molecular formula is C21H18N2O6. The molecule has 3 aromatic rings. The molecule has 0 unspecified atom stereocenters. The lowest BCUT2D eigenvalue weighted by atomic mass is 10.1. The van der Waals surface area contributed by atoms with Gasteiger partial charge in [0.25, 0.3) is 11.6 Å². The zero-order valence-electron chi connectivity index (χ0n) is 15.6. The highest BCUT2D eigenvalue weighted by Crippen LogP contribution is 2.24. The molecule has 0 aliphatic heterocycles. The Kier molecular flexibility index (Phi) is 6.03. The number of carbonyl (C=O) groups is 2. The number of nitrogens with zero attached hydrogens (tertiary/aromatic N) is 2. The second kappa shape index (κ2) is 8.83. The number of hydrogen-bond donors (Lipinski definition) is 0. The summed E-state index contributed by atoms with van der Waals surface area (Å²) >= 11 is 0. The molecule has 1 amide bonds. The van der Waals surface area contributed by atoms with Crippen molar-refractivity contribution in [1.82, 2.24) is 4.90 Å². The van der Waals surface area contributed by atoms with Crippen LogP contribution in [0.25, 0.3) is 11.3 Å². The molecule has 3 rings (SSSR count). The maximum absolute atomic E-state index is 12.2. The molecule has 0 saturated carbocycles. The monoisotopic (exact) mass is 394 g/mol. The number of ether oxygens (including phenoxy) is 1. The van der Waals surface area contributed by atoms with Crippen molar-refractivity contribution in [3.63, 3.8) is 0 Å². The van der Waals surface area contributed by atoms with Crippen molar-refractivity contribution in [3.05, 3.63) is 88.2 Å². The van der Waals surface area contributed by atoms with Crippen molar-refractivity contribution < 1.29 is 23.7 Å². The van der Waals surface area contributed by atoms with Crippen molar-refractivity contribution in [2.24, 2.45) is 0 Å². The van der Waals surface area contributed by atoms with Crippen molar-refractivity contribution in [2.45, 2.75) is 6.54 Å². The third kappa shape index (κ3) is 5.07. The summed E-state index contributed by atoms with van der Waals surface area (Å²) in [6, 6.07) is 18.2. The summed E-state index contributed by atoms with van der Waals surface area (Å²) in [6.07, 6.45) is 0. The second-order valence-corrected chi connectivity index (χ2v) is 6.28. The Morgan fingerprint density at radius 1 is 1.03 bits per heavy atom. The first kappa shape index (κ1) is 19.8. The number of non-ortho nitro benzene ring substituents is 1. The Bertz CT molecular complexity index is 1010. The van der Waals surface area contributed by atoms with E-state index in [1.807, 2.05) is 30.3 Å². The van der Waals surface area contributed by atoms with E-state index >= 15 is 0 Å². The first-order chi connectivity index (χ1) is 13.9. The average molecular weight is 394 g/mol. The number of nitro benzene ring substituents is 1. The first-order valence-electron chi connectivity index (χ1n) is 8.73. The van der Waals surface area contributed by atoms with E-state index in [1.165, 1.54) is 35.2 Å². The number of furan rings is 1. The van der Waals surface area contributed by atoms with Crippen LogP contribution in [0.15, 0.2) is 71.1 Å². The van der Waals surface area contributed by atoms with E-state index in [2.05, 4.69) is 0 Å². The summed E-state index contributed by atoms with van der Waals surface area (Å²) in [5.41, 5.74) is 1.50. The zero-order valence-corrected chi connectivity index (χ0v) is 15.6. The fourth-order valence-electron chi connectivity index (χ4n) is 2.60. The van der Waals surface area contributed by atoms with Crippen molar-refractivity contribution in [2.75, 3.05) is 13.7 Å². The van der Waals surface area contributed by atoms with Gasteiger partial charge >= 0.3 is 5.97 Å². The van der Waals surface area contributed by atoms with Crippen LogP contribution in [-0.2, 0) is 16.1 Å². The Morgan fingerprint density at radius 2 is 1.72 bits per heavy atom. The SMILES string of the molecule is CN(Cc1ccccc1)C(=O)COC(=O)c1ccc(-c2ccc([N+](=O)[O-])cc2)o1. The highest BCUT2D eigenvalue weighted by Gasteiger charge is 2.17. The van der Waals surface area contributed by atoms with Gasteiger partial charge in [-0.2, -0.15) is 0 Å². The zero-order chi connectivity index (χ0) is 20.8. The van der Waals surface area contributed by atoms with Gasteiger partial charge in [0.15, 0.2) is 6.61 Å². The maximum atomic E-state index is 12.2. The highest BCUT2D eigenvalue weighted by molar-refractivity contribution is 5.89. The number of likely N-dealkylation sites (N-methyl/N-ethyl adjacent to an activating group) is 1. The fraction of sp³-hybridized carbons (Fsp3) is 0.143. The van der Waals surface area contributed by atoms with Crippen LogP contribution in [0.1, 0.15) is 16.1 Å². The van der Waals surface area contributed by atoms with Crippen LogP contribution in [0.5, 0.6) is 0 Å². The molecule has 1 heterocycles. The normalized spacial score (nSPS) is 10.4. The van der Waals surface area contributed by atoms with Gasteiger partial charge in [0.1, 0.15) is 5.76 Å². The molecule has 0 radical (unpaired) electrons. The van der Waals surface area contributed by atoms with E-state index in [9.17, 15) is 19.7 Å². The van der Waals surface area contributed by atoms with Gasteiger partial charge in [-0.3, -0.25) is 14.9 Å². The number of benzene rings is 2. The molecule has 2 aromatic carbocycles. The van der Waals surface area contributed by atoms with E-state index in [0.717, 1.165) is 5.56 Å². The lowest BCUT2D eigenvalue weighted by Gasteiger charge is -2.16. The Balaban J connectivity index is 1.56. The average Bonchev–Trinajstić information content (AvgIpc) is 3.23. The minimum Gasteiger partial charge on any atom is -0.450 e. The highest BCUT2D eigenvalue weighted by atomic mass is 16.6. The van der Waals surface area contributed by atoms with Crippen LogP contribution in [-0.4, -0.2) is 35.4 Å². The molecule has 0 atom stereocenters. The van der Waals surface area contributed by atoms with Crippen LogP contribution in [0.4, 0.5) is 5.69 Å². The van der Waals surface area contributed by atoms with Gasteiger partial charge < -0.3 is 14.1 Å². The summed E-state index contributed by atoms with van der Waals surface area (Å²) in [6.45, 7) is -0.00198. The van der Waals surface area contributed by atoms with Gasteiger partial charge in [-0.25, -0.2) is 4.79 Å². The number of amides is 1. The summed E-state index contributed by atoms with van der Waals surface area (Å²) in [7, 11) is 1.63. The quantitative estimate of drug-likeness (QED) is 0.344. The van der Waals surface area contributed by atoms with Crippen molar-refractivity contribution >= 4 is 17.6 Å². The number of esters is 1. The topological polar surface area (TPSA) is 103 Å². The number of carbonyl (C=O) groups excluding carboxylic acids is 2. The molecule has 8 nitrogen and oxygen atoms in total. The molecule has 148 valence electrons. The van der Waals surface area contributed by atoms with Crippen LogP contribution >= 0.6 is 0 Å². The lowest BCUT2D eigenvalue weighted by Crippen LogP contribution is -2.30. The summed E-state index contributed by atoms with van der Waals surface area (Å²) in [5, 5.41) is 10.7. The van der Waals surface area contributed by atoms with Gasteiger partial charge in [0, 0.05) is 31.3 Å². The number of nitro groups is 1.